The minimum absolute atomic E-state index is 0.451. The van der Waals surface area contributed by atoms with E-state index < -0.39 is 62.8 Å². The third-order valence-corrected chi connectivity index (χ3v) is 4.27. The fourth-order valence-electron chi connectivity index (χ4n) is 2.14. The zero-order valence-corrected chi connectivity index (χ0v) is 12.1. The van der Waals surface area contributed by atoms with E-state index in [2.05, 4.69) is 5.32 Å². The van der Waals surface area contributed by atoms with Gasteiger partial charge in [0.05, 0.1) is 18.8 Å². The lowest BCUT2D eigenvalue weighted by molar-refractivity contribution is -0.168. The predicted molar refractivity (Wildman–Crippen MR) is 68.0 cm³/mol. The van der Waals surface area contributed by atoms with E-state index in [9.17, 15) is 24.7 Å². The standard InChI is InChI=1S/C10H20NO9P/c1-4(13)11-8-5(14)2-7(21(17,18)19)20-10(8)9(16)6(15)3-12/h5-10,12,14-16H,2-3H2,1H3,(H,11,13)(H2,17,18,19)/t5-,6+,7-,8+,9+,10+/m0/s1. The molecule has 0 aromatic heterocycles. The number of hydrogen-bond acceptors (Lipinski definition) is 7. The Kier molecular flexibility index (Phi) is 6.26. The zero-order valence-electron chi connectivity index (χ0n) is 11.2. The lowest BCUT2D eigenvalue weighted by Crippen LogP contribution is -2.62. The molecule has 6 atom stereocenters. The molecule has 0 aliphatic carbocycles. The first kappa shape index (κ1) is 18.5. The van der Waals surface area contributed by atoms with E-state index in [1.807, 2.05) is 0 Å². The molecule has 7 N–H and O–H groups in total. The Morgan fingerprint density at radius 3 is 2.43 bits per heavy atom. The molecule has 124 valence electrons. The maximum atomic E-state index is 11.2. The second kappa shape index (κ2) is 7.12. The molecular formula is C10H20NO9P. The number of carbonyl (C=O) groups is 1. The summed E-state index contributed by atoms with van der Waals surface area (Å²) in [6.07, 6.45) is -6.75. The number of aliphatic hydroxyl groups excluding tert-OH is 4. The molecular weight excluding hydrogens is 309 g/mol. The van der Waals surface area contributed by atoms with Crippen molar-refractivity contribution in [2.45, 2.75) is 49.6 Å². The number of aliphatic hydroxyl groups is 4. The van der Waals surface area contributed by atoms with Crippen molar-refractivity contribution in [2.24, 2.45) is 0 Å². The van der Waals surface area contributed by atoms with Gasteiger partial charge >= 0.3 is 7.60 Å². The molecule has 0 spiro atoms. The van der Waals surface area contributed by atoms with Gasteiger partial charge in [-0.05, 0) is 0 Å². The average Bonchev–Trinajstić information content (AvgIpc) is 2.37. The molecule has 1 aliphatic rings. The predicted octanol–water partition coefficient (Wildman–Crippen LogP) is -3.14. The molecule has 0 aromatic carbocycles. The van der Waals surface area contributed by atoms with Crippen LogP contribution in [0.3, 0.4) is 0 Å². The molecule has 1 fully saturated rings. The summed E-state index contributed by atoms with van der Waals surface area (Å²) in [6, 6.07) is -1.18. The second-order valence-corrected chi connectivity index (χ2v) is 6.67. The molecule has 0 saturated carbocycles. The van der Waals surface area contributed by atoms with Gasteiger partial charge in [0.1, 0.15) is 18.3 Å². The van der Waals surface area contributed by atoms with E-state index in [-0.39, 0.29) is 0 Å². The third-order valence-electron chi connectivity index (χ3n) is 3.19. The smallest absolute Gasteiger partial charge is 0.354 e. The van der Waals surface area contributed by atoms with Crippen molar-refractivity contribution >= 4 is 13.5 Å². The first-order chi connectivity index (χ1) is 9.57. The fraction of sp³-hybridized carbons (Fsp3) is 0.900. The van der Waals surface area contributed by atoms with Crippen LogP contribution in [-0.4, -0.2) is 79.0 Å². The second-order valence-electron chi connectivity index (χ2n) is 4.91. The van der Waals surface area contributed by atoms with Crippen molar-refractivity contribution in [1.29, 1.82) is 0 Å². The molecule has 1 rings (SSSR count). The summed E-state index contributed by atoms with van der Waals surface area (Å²) in [5, 5.41) is 40.4. The molecule has 1 saturated heterocycles. The van der Waals surface area contributed by atoms with Crippen molar-refractivity contribution < 1.29 is 44.3 Å². The SMILES string of the molecule is CC(=O)N[C@H]1[C@H]([C@H](O)[C@H](O)CO)O[C@@H](P(=O)(O)O)C[C@@H]1O. The van der Waals surface area contributed by atoms with Gasteiger partial charge in [-0.15, -0.1) is 0 Å². The Bertz CT molecular complexity index is 413. The molecule has 1 aliphatic heterocycles. The zero-order chi connectivity index (χ0) is 16.4. The van der Waals surface area contributed by atoms with E-state index in [0.29, 0.717) is 0 Å². The van der Waals surface area contributed by atoms with Crippen LogP contribution in [-0.2, 0) is 14.1 Å². The molecule has 1 amide bonds. The first-order valence-electron chi connectivity index (χ1n) is 6.20. The van der Waals surface area contributed by atoms with Crippen molar-refractivity contribution in [2.75, 3.05) is 6.61 Å². The van der Waals surface area contributed by atoms with Gasteiger partial charge in [-0.1, -0.05) is 0 Å². The van der Waals surface area contributed by atoms with Gasteiger partial charge in [0, 0.05) is 13.3 Å². The van der Waals surface area contributed by atoms with Crippen LogP contribution in [0.2, 0.25) is 0 Å². The summed E-state index contributed by atoms with van der Waals surface area (Å²) >= 11 is 0. The van der Waals surface area contributed by atoms with Gasteiger partial charge in [-0.3, -0.25) is 9.36 Å². The van der Waals surface area contributed by atoms with Crippen LogP contribution in [0.4, 0.5) is 0 Å². The van der Waals surface area contributed by atoms with E-state index in [1.54, 1.807) is 0 Å². The molecule has 10 nitrogen and oxygen atoms in total. The van der Waals surface area contributed by atoms with E-state index in [0.717, 1.165) is 6.92 Å². The maximum absolute atomic E-state index is 11.2. The monoisotopic (exact) mass is 329 g/mol. The lowest BCUT2D eigenvalue weighted by Gasteiger charge is -2.42. The molecule has 21 heavy (non-hydrogen) atoms. The molecule has 0 radical (unpaired) electrons. The number of hydrogen-bond donors (Lipinski definition) is 7. The van der Waals surface area contributed by atoms with Crippen molar-refractivity contribution in [3.05, 3.63) is 0 Å². The summed E-state index contributed by atoms with van der Waals surface area (Å²) in [5.74, 6) is -2.24. The van der Waals surface area contributed by atoms with E-state index in [4.69, 9.17) is 19.6 Å². The molecule has 11 heteroatoms. The van der Waals surface area contributed by atoms with Gasteiger partial charge in [0.2, 0.25) is 5.91 Å². The van der Waals surface area contributed by atoms with Crippen LogP contribution in [0.25, 0.3) is 0 Å². The largest absolute Gasteiger partial charge is 0.394 e. The molecule has 0 unspecified atom stereocenters. The maximum Gasteiger partial charge on any atom is 0.354 e. The van der Waals surface area contributed by atoms with Crippen LogP contribution >= 0.6 is 7.60 Å². The Balaban J connectivity index is 3.02. The van der Waals surface area contributed by atoms with Crippen molar-refractivity contribution in [1.82, 2.24) is 5.32 Å². The highest BCUT2D eigenvalue weighted by Crippen LogP contribution is 2.47. The molecule has 0 bridgehead atoms. The highest BCUT2D eigenvalue weighted by molar-refractivity contribution is 7.52. The van der Waals surface area contributed by atoms with Crippen molar-refractivity contribution in [3.63, 3.8) is 0 Å². The Morgan fingerprint density at radius 2 is 2.00 bits per heavy atom. The Hall–Kier alpha value is -0.580. The summed E-state index contributed by atoms with van der Waals surface area (Å²) in [5.41, 5.74) is 0. The van der Waals surface area contributed by atoms with Gasteiger partial charge in [-0.25, -0.2) is 0 Å². The van der Waals surface area contributed by atoms with Crippen LogP contribution in [0.1, 0.15) is 13.3 Å². The number of carbonyl (C=O) groups excluding carboxylic acids is 1. The summed E-state index contributed by atoms with van der Waals surface area (Å²) in [6.45, 7) is 0.318. The first-order valence-corrected chi connectivity index (χ1v) is 7.89. The Morgan fingerprint density at radius 1 is 1.43 bits per heavy atom. The number of nitrogens with one attached hydrogen (secondary N) is 1. The van der Waals surface area contributed by atoms with Crippen LogP contribution in [0.5, 0.6) is 0 Å². The topological polar surface area (TPSA) is 177 Å². The van der Waals surface area contributed by atoms with E-state index in [1.165, 1.54) is 0 Å². The third kappa shape index (κ3) is 4.70. The number of rotatable bonds is 5. The lowest BCUT2D eigenvalue weighted by atomic mass is 9.92. The number of amides is 1. The van der Waals surface area contributed by atoms with Gasteiger partial charge in [0.25, 0.3) is 0 Å². The quantitative estimate of drug-likeness (QED) is 0.257. The van der Waals surface area contributed by atoms with Gasteiger partial charge in [0.15, 0.2) is 5.85 Å². The molecule has 0 aromatic rings. The fourth-order valence-corrected chi connectivity index (χ4v) is 2.93. The van der Waals surface area contributed by atoms with Gasteiger partial charge < -0.3 is 40.3 Å². The van der Waals surface area contributed by atoms with Crippen LogP contribution in [0.15, 0.2) is 0 Å². The summed E-state index contributed by atoms with van der Waals surface area (Å²) < 4.78 is 16.3. The normalized spacial score (nSPS) is 33.3. The minimum Gasteiger partial charge on any atom is -0.394 e. The minimum atomic E-state index is -4.71. The Labute approximate surface area is 120 Å². The molecule has 1 heterocycles. The van der Waals surface area contributed by atoms with Gasteiger partial charge in [-0.2, -0.15) is 0 Å². The highest BCUT2D eigenvalue weighted by atomic mass is 31.2. The van der Waals surface area contributed by atoms with Crippen LogP contribution in [0, 0.1) is 0 Å². The highest BCUT2D eigenvalue weighted by Gasteiger charge is 2.48. The number of ether oxygens (including phenoxy) is 1. The summed E-state index contributed by atoms with van der Waals surface area (Å²) in [7, 11) is -4.71. The summed E-state index contributed by atoms with van der Waals surface area (Å²) in [4.78, 5) is 29.4. The van der Waals surface area contributed by atoms with E-state index >= 15 is 0 Å². The van der Waals surface area contributed by atoms with Crippen molar-refractivity contribution in [3.8, 4) is 0 Å². The van der Waals surface area contributed by atoms with Crippen LogP contribution < -0.4 is 5.32 Å². The average molecular weight is 329 g/mol.